The van der Waals surface area contributed by atoms with Crippen molar-refractivity contribution in [2.45, 2.75) is 36.9 Å². The molecule has 0 bridgehead atoms. The van der Waals surface area contributed by atoms with Crippen LogP contribution in [0, 0.1) is 20.8 Å². The first-order chi connectivity index (χ1) is 20.2. The molecule has 218 valence electrons. The average Bonchev–Trinajstić information content (AvgIpc) is 3.66. The van der Waals surface area contributed by atoms with E-state index in [1.165, 1.54) is 66.2 Å². The minimum Gasteiger partial charge on any atom is -0.503 e. The van der Waals surface area contributed by atoms with Crippen LogP contribution in [0.3, 0.4) is 0 Å². The van der Waals surface area contributed by atoms with Crippen LogP contribution in [0.1, 0.15) is 43.1 Å². The molecule has 42 heavy (non-hydrogen) atoms. The van der Waals surface area contributed by atoms with E-state index in [1.54, 1.807) is 26.0 Å². The van der Waals surface area contributed by atoms with Gasteiger partial charge < -0.3 is 19.3 Å². The molecule has 1 unspecified atom stereocenters. The van der Waals surface area contributed by atoms with Crippen molar-refractivity contribution >= 4 is 51.3 Å². The molecule has 0 fully saturated rings. The highest BCUT2D eigenvalue weighted by Gasteiger charge is 2.47. The fourth-order valence-corrected chi connectivity index (χ4v) is 7.36. The van der Waals surface area contributed by atoms with Gasteiger partial charge in [-0.25, -0.2) is 4.98 Å². The van der Waals surface area contributed by atoms with Crippen LogP contribution in [0.2, 0.25) is 0 Å². The lowest BCUT2D eigenvalue weighted by molar-refractivity contribution is -0.117. The molecule has 1 aliphatic rings. The lowest BCUT2D eigenvalue weighted by Gasteiger charge is -2.25. The molecule has 10 nitrogen and oxygen atoms in total. The summed E-state index contributed by atoms with van der Waals surface area (Å²) in [6.45, 7) is 5.55. The first-order valence-electron chi connectivity index (χ1n) is 12.7. The number of aromatic nitrogens is 3. The maximum atomic E-state index is 14.0. The smallest absolute Gasteiger partial charge is 0.296 e. The number of thiazole rings is 1. The summed E-state index contributed by atoms with van der Waals surface area (Å²) < 4.78 is 17.2. The zero-order chi connectivity index (χ0) is 30.1. The topological polar surface area (TPSA) is 124 Å². The number of nitrogens with zero attached hydrogens (tertiary/aromatic N) is 4. The van der Waals surface area contributed by atoms with E-state index in [1.807, 2.05) is 19.1 Å². The molecule has 0 saturated carbocycles. The van der Waals surface area contributed by atoms with Crippen molar-refractivity contribution in [1.82, 2.24) is 15.2 Å². The van der Waals surface area contributed by atoms with Crippen molar-refractivity contribution in [2.24, 2.45) is 0 Å². The third-order valence-electron chi connectivity index (χ3n) is 6.65. The van der Waals surface area contributed by atoms with Crippen molar-refractivity contribution in [2.75, 3.05) is 26.2 Å². The summed E-state index contributed by atoms with van der Waals surface area (Å²) in [6, 6.07) is 10.4. The van der Waals surface area contributed by atoms with E-state index in [2.05, 4.69) is 27.3 Å². The molecule has 0 saturated heterocycles. The van der Waals surface area contributed by atoms with Gasteiger partial charge in [-0.3, -0.25) is 14.5 Å². The van der Waals surface area contributed by atoms with E-state index < -0.39 is 23.5 Å². The van der Waals surface area contributed by atoms with Crippen LogP contribution < -0.4 is 19.1 Å². The monoisotopic (exact) mass is 624 g/mol. The molecule has 1 atom stereocenters. The Balaban J connectivity index is 1.59. The minimum atomic E-state index is -1.05. The molecule has 0 radical (unpaired) electrons. The molecule has 2 aromatic heterocycles. The number of ether oxygens (including phenoxy) is 3. The summed E-state index contributed by atoms with van der Waals surface area (Å²) in [5.74, 6) is -0.251. The van der Waals surface area contributed by atoms with Crippen LogP contribution in [0.25, 0.3) is 0 Å². The molecule has 0 aliphatic carbocycles. The molecular weight excluding hydrogens is 597 g/mol. The van der Waals surface area contributed by atoms with E-state index in [9.17, 15) is 14.7 Å². The quantitative estimate of drug-likeness (QED) is 0.127. The summed E-state index contributed by atoms with van der Waals surface area (Å²) in [5, 5.41) is 20.7. The number of methoxy groups -OCH3 is 3. The summed E-state index contributed by atoms with van der Waals surface area (Å²) in [6.07, 6.45) is 0. The van der Waals surface area contributed by atoms with Crippen molar-refractivity contribution in [3.05, 3.63) is 80.0 Å². The van der Waals surface area contributed by atoms with Crippen molar-refractivity contribution in [3.8, 4) is 17.2 Å². The second-order valence-electron chi connectivity index (χ2n) is 9.40. The van der Waals surface area contributed by atoms with Gasteiger partial charge in [0.05, 0.1) is 48.5 Å². The highest BCUT2D eigenvalue weighted by molar-refractivity contribution is 8.00. The number of carbonyl (C=O) groups excluding carboxylic acids is 2. The highest BCUT2D eigenvalue weighted by Crippen LogP contribution is 2.48. The summed E-state index contributed by atoms with van der Waals surface area (Å²) in [5.41, 5.74) is 3.17. The second-order valence-corrected chi connectivity index (χ2v) is 12.8. The lowest BCUT2D eigenvalue weighted by atomic mass is 9.94. The van der Waals surface area contributed by atoms with Crippen LogP contribution in [-0.4, -0.2) is 53.3 Å². The largest absolute Gasteiger partial charge is 0.503 e. The highest BCUT2D eigenvalue weighted by atomic mass is 32.2. The SMILES string of the molecule is COc1cc(C2C(C(=O)c3sc(C)nc3C)=C(O)C(=O)N2c2nnc(SCc3ccc(C)cc3)s2)cc(OC)c1OC. The number of Topliss-reactive ketones (excluding diaryl/α,β-unsaturated/α-hetero) is 1. The number of aryl methyl sites for hydroxylation is 3. The predicted octanol–water partition coefficient (Wildman–Crippen LogP) is 6.02. The maximum Gasteiger partial charge on any atom is 0.296 e. The van der Waals surface area contributed by atoms with Crippen LogP contribution >= 0.6 is 34.4 Å². The van der Waals surface area contributed by atoms with Gasteiger partial charge in [-0.15, -0.1) is 21.5 Å². The van der Waals surface area contributed by atoms with Gasteiger partial charge in [0.15, 0.2) is 21.6 Å². The second kappa shape index (κ2) is 12.1. The van der Waals surface area contributed by atoms with Gasteiger partial charge in [0.1, 0.15) is 0 Å². The summed E-state index contributed by atoms with van der Waals surface area (Å²) >= 11 is 3.89. The number of ketones is 1. The number of aliphatic hydroxyl groups excluding tert-OH is 1. The van der Waals surface area contributed by atoms with Gasteiger partial charge in [0.25, 0.3) is 5.91 Å². The third kappa shape index (κ3) is 5.46. The number of anilines is 1. The zero-order valence-electron chi connectivity index (χ0n) is 23.8. The van der Waals surface area contributed by atoms with Gasteiger partial charge in [-0.05, 0) is 44.0 Å². The molecule has 1 N–H and O–H groups in total. The van der Waals surface area contributed by atoms with E-state index in [0.29, 0.717) is 48.5 Å². The molecule has 2 aromatic carbocycles. The zero-order valence-corrected chi connectivity index (χ0v) is 26.2. The minimum absolute atomic E-state index is 0.0925. The molecule has 1 amide bonds. The molecule has 4 aromatic rings. The maximum absolute atomic E-state index is 14.0. The van der Waals surface area contributed by atoms with Gasteiger partial charge in [-0.2, -0.15) is 0 Å². The van der Waals surface area contributed by atoms with Crippen molar-refractivity contribution < 1.29 is 28.9 Å². The molecular formula is C29H28N4O6S3. The lowest BCUT2D eigenvalue weighted by Crippen LogP contribution is -2.31. The Morgan fingerprint density at radius 1 is 1.00 bits per heavy atom. The Hall–Kier alpha value is -3.94. The number of carbonyl (C=O) groups is 2. The number of thioether (sulfide) groups is 1. The predicted molar refractivity (Wildman–Crippen MR) is 163 cm³/mol. The van der Waals surface area contributed by atoms with E-state index in [0.717, 1.165) is 5.56 Å². The fourth-order valence-electron chi connectivity index (χ4n) is 4.66. The van der Waals surface area contributed by atoms with Gasteiger partial charge in [0, 0.05) is 5.75 Å². The average molecular weight is 625 g/mol. The fraction of sp³-hybridized carbons (Fsp3) is 0.276. The normalized spacial score (nSPS) is 15.0. The molecule has 3 heterocycles. The number of benzene rings is 2. The standard InChI is InChI=1S/C29H28N4O6S3/c1-14-7-9-17(10-8-14)13-40-29-32-31-28(42-29)33-22(18-11-19(37-4)25(39-6)20(12-18)38-5)21(24(35)27(33)36)23(34)26-15(2)30-16(3)41-26/h7-12,22,35H,13H2,1-6H3. The molecule has 1 aliphatic heterocycles. The molecule has 5 rings (SSSR count). The Labute approximate surface area is 255 Å². The van der Waals surface area contributed by atoms with E-state index >= 15 is 0 Å². The summed E-state index contributed by atoms with van der Waals surface area (Å²) in [7, 11) is 4.44. The van der Waals surface area contributed by atoms with Crippen LogP contribution in [0.15, 0.2) is 52.1 Å². The van der Waals surface area contributed by atoms with Crippen LogP contribution in [0.5, 0.6) is 17.2 Å². The molecule has 13 heteroatoms. The Morgan fingerprint density at radius 3 is 2.24 bits per heavy atom. The summed E-state index contributed by atoms with van der Waals surface area (Å²) in [4.78, 5) is 33.6. The number of aliphatic hydroxyl groups is 1. The van der Waals surface area contributed by atoms with Crippen LogP contribution in [0.4, 0.5) is 5.13 Å². The first-order valence-corrected chi connectivity index (χ1v) is 15.4. The molecule has 0 spiro atoms. The number of rotatable bonds is 10. The van der Waals surface area contributed by atoms with Gasteiger partial charge in [0.2, 0.25) is 16.7 Å². The number of hydrogen-bond donors (Lipinski definition) is 1. The van der Waals surface area contributed by atoms with Gasteiger partial charge >= 0.3 is 0 Å². The Bertz CT molecular complexity index is 1670. The first kappa shape index (κ1) is 29.5. The Morgan fingerprint density at radius 2 is 1.67 bits per heavy atom. The van der Waals surface area contributed by atoms with Gasteiger partial charge in [-0.1, -0.05) is 52.9 Å². The number of amides is 1. The van der Waals surface area contributed by atoms with E-state index in [-0.39, 0.29) is 10.7 Å². The number of hydrogen-bond acceptors (Lipinski definition) is 12. The van der Waals surface area contributed by atoms with Crippen molar-refractivity contribution in [3.63, 3.8) is 0 Å². The van der Waals surface area contributed by atoms with Crippen molar-refractivity contribution in [1.29, 1.82) is 0 Å². The Kier molecular flexibility index (Phi) is 8.53. The van der Waals surface area contributed by atoms with Crippen LogP contribution in [-0.2, 0) is 10.5 Å². The van der Waals surface area contributed by atoms with E-state index in [4.69, 9.17) is 14.2 Å². The third-order valence-corrected chi connectivity index (χ3v) is 9.85.